The minimum Gasteiger partial charge on any atom is -0.378 e. The van der Waals surface area contributed by atoms with Crippen molar-refractivity contribution in [2.24, 2.45) is 5.92 Å². The Morgan fingerprint density at radius 3 is 3.00 bits per heavy atom. The Morgan fingerprint density at radius 1 is 1.35 bits per heavy atom. The Labute approximate surface area is 119 Å². The number of carbonyl (C=O) groups is 1. The number of ketones is 1. The van der Waals surface area contributed by atoms with Gasteiger partial charge in [0.25, 0.3) is 0 Å². The third kappa shape index (κ3) is 2.73. The van der Waals surface area contributed by atoms with Crippen LogP contribution >= 0.6 is 0 Å². The predicted molar refractivity (Wildman–Crippen MR) is 78.8 cm³/mol. The molecule has 1 aliphatic carbocycles. The summed E-state index contributed by atoms with van der Waals surface area (Å²) in [6.07, 6.45) is 4.82. The van der Waals surface area contributed by atoms with Gasteiger partial charge in [-0.3, -0.25) is 9.78 Å². The summed E-state index contributed by atoms with van der Waals surface area (Å²) in [4.78, 5) is 16.6. The van der Waals surface area contributed by atoms with Crippen LogP contribution in [-0.4, -0.2) is 23.5 Å². The third-order valence-electron chi connectivity index (χ3n) is 3.99. The molecule has 0 bridgehead atoms. The number of fused-ring (bicyclic) bond motifs is 1. The van der Waals surface area contributed by atoms with Gasteiger partial charge in [0.15, 0.2) is 5.78 Å². The summed E-state index contributed by atoms with van der Waals surface area (Å²) < 4.78 is 5.53. The van der Waals surface area contributed by atoms with Crippen molar-refractivity contribution in [2.45, 2.75) is 32.3 Å². The van der Waals surface area contributed by atoms with Gasteiger partial charge in [0.2, 0.25) is 0 Å². The highest BCUT2D eigenvalue weighted by atomic mass is 16.5. The maximum Gasteiger partial charge on any atom is 0.163 e. The standard InChI is InChI=1S/C17H19NO2/c1-2-20-15-8-12(9-15)10-17(19)14-5-6-16-13(11-14)4-3-7-18-16/h3-7,11-12,15H,2,8-10H2,1H3. The van der Waals surface area contributed by atoms with E-state index in [4.69, 9.17) is 4.74 Å². The molecule has 3 nitrogen and oxygen atoms in total. The van der Waals surface area contributed by atoms with Gasteiger partial charge in [-0.05, 0) is 49.9 Å². The Hall–Kier alpha value is -1.74. The van der Waals surface area contributed by atoms with Crippen LogP contribution < -0.4 is 0 Å². The minimum atomic E-state index is 0.232. The molecule has 2 aromatic rings. The van der Waals surface area contributed by atoms with Gasteiger partial charge in [0.1, 0.15) is 0 Å². The van der Waals surface area contributed by atoms with Gasteiger partial charge in [-0.1, -0.05) is 6.07 Å². The number of hydrogen-bond donors (Lipinski definition) is 0. The van der Waals surface area contributed by atoms with Crippen LogP contribution in [0.25, 0.3) is 10.9 Å². The maximum atomic E-state index is 12.3. The maximum absolute atomic E-state index is 12.3. The molecule has 1 aliphatic rings. The highest BCUT2D eigenvalue weighted by molar-refractivity contribution is 5.99. The van der Waals surface area contributed by atoms with Crippen molar-refractivity contribution in [1.29, 1.82) is 0 Å². The van der Waals surface area contributed by atoms with Crippen molar-refractivity contribution in [3.8, 4) is 0 Å². The van der Waals surface area contributed by atoms with E-state index in [9.17, 15) is 4.79 Å². The van der Waals surface area contributed by atoms with E-state index >= 15 is 0 Å². The molecule has 1 saturated carbocycles. The number of nitrogens with zero attached hydrogens (tertiary/aromatic N) is 1. The zero-order valence-corrected chi connectivity index (χ0v) is 11.7. The molecule has 3 heteroatoms. The first-order chi connectivity index (χ1) is 9.76. The number of pyridine rings is 1. The summed E-state index contributed by atoms with van der Waals surface area (Å²) in [5.74, 6) is 0.722. The van der Waals surface area contributed by atoms with Crippen LogP contribution in [0.4, 0.5) is 0 Å². The fraction of sp³-hybridized carbons (Fsp3) is 0.412. The zero-order chi connectivity index (χ0) is 13.9. The van der Waals surface area contributed by atoms with Gasteiger partial charge >= 0.3 is 0 Å². The van der Waals surface area contributed by atoms with Crippen molar-refractivity contribution in [3.63, 3.8) is 0 Å². The number of ether oxygens (including phenoxy) is 1. The first kappa shape index (κ1) is 13.3. The molecular weight excluding hydrogens is 250 g/mol. The highest BCUT2D eigenvalue weighted by Gasteiger charge is 2.31. The summed E-state index contributed by atoms with van der Waals surface area (Å²) in [6, 6.07) is 9.65. The van der Waals surface area contributed by atoms with E-state index in [1.54, 1.807) is 6.20 Å². The number of Topliss-reactive ketones (excluding diaryl/α,β-unsaturated/α-hetero) is 1. The average molecular weight is 269 g/mol. The quantitative estimate of drug-likeness (QED) is 0.778. The van der Waals surface area contributed by atoms with Gasteiger partial charge in [0.05, 0.1) is 11.6 Å². The minimum absolute atomic E-state index is 0.232. The van der Waals surface area contributed by atoms with Gasteiger partial charge in [-0.2, -0.15) is 0 Å². The molecule has 0 aliphatic heterocycles. The molecule has 1 aromatic carbocycles. The lowest BCUT2D eigenvalue weighted by molar-refractivity contribution is -0.0246. The lowest BCUT2D eigenvalue weighted by atomic mass is 9.78. The topological polar surface area (TPSA) is 39.2 Å². The number of benzene rings is 1. The van der Waals surface area contributed by atoms with Crippen molar-refractivity contribution in [1.82, 2.24) is 4.98 Å². The molecule has 20 heavy (non-hydrogen) atoms. The van der Waals surface area contributed by atoms with E-state index in [0.717, 1.165) is 35.9 Å². The Bertz CT molecular complexity index is 617. The van der Waals surface area contributed by atoms with Crippen molar-refractivity contribution < 1.29 is 9.53 Å². The van der Waals surface area contributed by atoms with Gasteiger partial charge in [0, 0.05) is 30.2 Å². The molecular formula is C17H19NO2. The first-order valence-electron chi connectivity index (χ1n) is 7.26. The van der Waals surface area contributed by atoms with Crippen LogP contribution in [0.15, 0.2) is 36.5 Å². The zero-order valence-electron chi connectivity index (χ0n) is 11.7. The summed E-state index contributed by atoms with van der Waals surface area (Å²) in [5, 5.41) is 1.03. The molecule has 0 spiro atoms. The van der Waals surface area contributed by atoms with Gasteiger partial charge in [-0.25, -0.2) is 0 Å². The number of hydrogen-bond acceptors (Lipinski definition) is 3. The summed E-state index contributed by atoms with van der Waals surface area (Å²) in [6.45, 7) is 2.78. The fourth-order valence-electron chi connectivity index (χ4n) is 2.84. The van der Waals surface area contributed by atoms with Gasteiger partial charge < -0.3 is 4.74 Å². The lowest BCUT2D eigenvalue weighted by Gasteiger charge is -2.34. The SMILES string of the molecule is CCOC1CC(CC(=O)c2ccc3ncccc3c2)C1. The van der Waals surface area contributed by atoms with Crippen molar-refractivity contribution in [3.05, 3.63) is 42.1 Å². The number of carbonyl (C=O) groups excluding carboxylic acids is 1. The summed E-state index contributed by atoms with van der Waals surface area (Å²) >= 11 is 0. The molecule has 0 amide bonds. The molecule has 1 heterocycles. The van der Waals surface area contributed by atoms with E-state index in [0.29, 0.717) is 18.4 Å². The predicted octanol–water partition coefficient (Wildman–Crippen LogP) is 3.62. The molecule has 0 saturated heterocycles. The smallest absolute Gasteiger partial charge is 0.163 e. The number of aromatic nitrogens is 1. The molecule has 0 unspecified atom stereocenters. The Morgan fingerprint density at radius 2 is 2.20 bits per heavy atom. The lowest BCUT2D eigenvalue weighted by Crippen LogP contribution is -2.32. The monoisotopic (exact) mass is 269 g/mol. The normalized spacial score (nSPS) is 21.6. The molecule has 0 N–H and O–H groups in total. The molecule has 1 aromatic heterocycles. The highest BCUT2D eigenvalue weighted by Crippen LogP contribution is 2.33. The largest absolute Gasteiger partial charge is 0.378 e. The Kier molecular flexibility index (Phi) is 3.79. The molecule has 0 radical (unpaired) electrons. The van der Waals surface area contributed by atoms with E-state index in [2.05, 4.69) is 4.98 Å². The van der Waals surface area contributed by atoms with Crippen LogP contribution in [0.1, 0.15) is 36.5 Å². The van der Waals surface area contributed by atoms with E-state index < -0.39 is 0 Å². The van der Waals surface area contributed by atoms with Crippen LogP contribution in [0.3, 0.4) is 0 Å². The third-order valence-corrected chi connectivity index (χ3v) is 3.99. The molecule has 3 rings (SSSR count). The number of rotatable bonds is 5. The average Bonchev–Trinajstić information content (AvgIpc) is 2.44. The second-order valence-corrected chi connectivity index (χ2v) is 5.45. The molecule has 1 fully saturated rings. The second-order valence-electron chi connectivity index (χ2n) is 5.45. The second kappa shape index (κ2) is 5.71. The fourth-order valence-corrected chi connectivity index (χ4v) is 2.84. The van der Waals surface area contributed by atoms with E-state index in [-0.39, 0.29) is 5.78 Å². The van der Waals surface area contributed by atoms with Crippen LogP contribution in [0.5, 0.6) is 0 Å². The van der Waals surface area contributed by atoms with Crippen molar-refractivity contribution >= 4 is 16.7 Å². The first-order valence-corrected chi connectivity index (χ1v) is 7.26. The molecule has 104 valence electrons. The van der Waals surface area contributed by atoms with Crippen LogP contribution in [0.2, 0.25) is 0 Å². The van der Waals surface area contributed by atoms with Crippen LogP contribution in [0, 0.1) is 5.92 Å². The van der Waals surface area contributed by atoms with Crippen LogP contribution in [-0.2, 0) is 4.74 Å². The Balaban J connectivity index is 1.64. The molecule has 0 atom stereocenters. The van der Waals surface area contributed by atoms with Crippen molar-refractivity contribution in [2.75, 3.05) is 6.61 Å². The van der Waals surface area contributed by atoms with Gasteiger partial charge in [-0.15, -0.1) is 0 Å². The summed E-state index contributed by atoms with van der Waals surface area (Å²) in [7, 11) is 0. The van der Waals surface area contributed by atoms with E-state index in [1.165, 1.54) is 0 Å². The van der Waals surface area contributed by atoms with E-state index in [1.807, 2.05) is 37.3 Å². The summed E-state index contributed by atoms with van der Waals surface area (Å²) in [5.41, 5.74) is 1.73.